The van der Waals surface area contributed by atoms with Gasteiger partial charge in [-0.15, -0.1) is 0 Å². The van der Waals surface area contributed by atoms with Crippen LogP contribution >= 0.6 is 0 Å². The van der Waals surface area contributed by atoms with Gasteiger partial charge in [0.25, 0.3) is 0 Å². The summed E-state index contributed by atoms with van der Waals surface area (Å²) < 4.78 is 5.18. The van der Waals surface area contributed by atoms with E-state index >= 15 is 0 Å². The van der Waals surface area contributed by atoms with Gasteiger partial charge in [0.05, 0.1) is 13.2 Å². The predicted octanol–water partition coefficient (Wildman–Crippen LogP) is 0.623. The Kier molecular flexibility index (Phi) is 3.71. The summed E-state index contributed by atoms with van der Waals surface area (Å²) in [6.07, 6.45) is 3.44. The smallest absolute Gasteiger partial charge is 0.317 e. The highest BCUT2D eigenvalue weighted by Crippen LogP contribution is 1.99. The zero-order valence-electron chi connectivity index (χ0n) is 9.06. The number of nitrogens with zero attached hydrogens (tertiary/aromatic N) is 2. The first-order chi connectivity index (χ1) is 7.86. The van der Waals surface area contributed by atoms with Crippen molar-refractivity contribution in [1.82, 2.24) is 15.2 Å². The summed E-state index contributed by atoms with van der Waals surface area (Å²) in [6, 6.07) is 3.75. The molecule has 5 nitrogen and oxygen atoms in total. The van der Waals surface area contributed by atoms with Crippen molar-refractivity contribution < 1.29 is 9.53 Å². The van der Waals surface area contributed by atoms with E-state index in [2.05, 4.69) is 10.3 Å². The molecule has 1 aromatic heterocycles. The van der Waals surface area contributed by atoms with Gasteiger partial charge in [0.2, 0.25) is 0 Å². The highest BCUT2D eigenvalue weighted by molar-refractivity contribution is 5.74. The van der Waals surface area contributed by atoms with Crippen molar-refractivity contribution in [2.75, 3.05) is 26.3 Å². The number of hydrogen-bond donors (Lipinski definition) is 1. The highest BCUT2D eigenvalue weighted by atomic mass is 16.5. The van der Waals surface area contributed by atoms with Crippen LogP contribution in [0.3, 0.4) is 0 Å². The molecule has 1 aliphatic heterocycles. The molecule has 1 fully saturated rings. The zero-order chi connectivity index (χ0) is 11.2. The van der Waals surface area contributed by atoms with Crippen LogP contribution < -0.4 is 5.32 Å². The molecule has 16 heavy (non-hydrogen) atoms. The van der Waals surface area contributed by atoms with Crippen molar-refractivity contribution >= 4 is 6.03 Å². The molecule has 0 spiro atoms. The van der Waals surface area contributed by atoms with Crippen LogP contribution in [0.15, 0.2) is 24.5 Å². The van der Waals surface area contributed by atoms with Crippen LogP contribution in [0.4, 0.5) is 4.79 Å². The number of hydrogen-bond acceptors (Lipinski definition) is 3. The van der Waals surface area contributed by atoms with E-state index in [9.17, 15) is 4.79 Å². The van der Waals surface area contributed by atoms with E-state index in [1.54, 1.807) is 17.3 Å². The molecule has 5 heteroatoms. The molecule has 86 valence electrons. The molecule has 2 rings (SSSR count). The van der Waals surface area contributed by atoms with Gasteiger partial charge >= 0.3 is 6.03 Å². The maximum atomic E-state index is 11.7. The number of carbonyl (C=O) groups is 1. The minimum atomic E-state index is -0.0277. The van der Waals surface area contributed by atoms with Crippen LogP contribution in [-0.2, 0) is 11.3 Å². The van der Waals surface area contributed by atoms with Crippen molar-refractivity contribution in [3.05, 3.63) is 30.1 Å². The van der Waals surface area contributed by atoms with Crippen molar-refractivity contribution in [2.24, 2.45) is 0 Å². The van der Waals surface area contributed by atoms with Gasteiger partial charge in [0.1, 0.15) is 0 Å². The molecule has 1 aromatic rings. The van der Waals surface area contributed by atoms with E-state index < -0.39 is 0 Å². The van der Waals surface area contributed by atoms with E-state index in [1.165, 1.54) is 0 Å². The lowest BCUT2D eigenvalue weighted by Gasteiger charge is -2.26. The Morgan fingerprint density at radius 1 is 1.38 bits per heavy atom. The van der Waals surface area contributed by atoms with Gasteiger partial charge < -0.3 is 15.0 Å². The minimum Gasteiger partial charge on any atom is -0.378 e. The first-order valence-corrected chi connectivity index (χ1v) is 5.36. The lowest BCUT2D eigenvalue weighted by atomic mass is 10.3. The fraction of sp³-hybridized carbons (Fsp3) is 0.455. The second kappa shape index (κ2) is 5.46. The molecule has 0 atom stereocenters. The number of pyridine rings is 1. The molecule has 0 unspecified atom stereocenters. The van der Waals surface area contributed by atoms with E-state index in [0.29, 0.717) is 32.8 Å². The Morgan fingerprint density at radius 2 is 2.06 bits per heavy atom. The number of ether oxygens (including phenoxy) is 1. The molecule has 0 radical (unpaired) electrons. The van der Waals surface area contributed by atoms with Crippen LogP contribution in [-0.4, -0.2) is 42.2 Å². The fourth-order valence-corrected chi connectivity index (χ4v) is 1.56. The minimum absolute atomic E-state index is 0.0277. The summed E-state index contributed by atoms with van der Waals surface area (Å²) in [4.78, 5) is 17.4. The van der Waals surface area contributed by atoms with Gasteiger partial charge in [-0.3, -0.25) is 4.98 Å². The standard InChI is InChI=1S/C11H15N3O2/c15-11(14-5-7-16-8-6-14)13-9-10-1-3-12-4-2-10/h1-4H,5-9H2,(H,13,15). The van der Waals surface area contributed by atoms with Crippen molar-refractivity contribution in [3.8, 4) is 0 Å². The maximum Gasteiger partial charge on any atom is 0.317 e. The normalized spacial score (nSPS) is 15.9. The molecule has 0 saturated carbocycles. The van der Waals surface area contributed by atoms with Crippen LogP contribution in [0.1, 0.15) is 5.56 Å². The molecular weight excluding hydrogens is 206 g/mol. The number of morpholine rings is 1. The van der Waals surface area contributed by atoms with Crippen molar-refractivity contribution in [1.29, 1.82) is 0 Å². The first kappa shape index (κ1) is 10.9. The molecule has 1 N–H and O–H groups in total. The SMILES string of the molecule is O=C(NCc1ccncc1)N1CCOCC1. The van der Waals surface area contributed by atoms with Crippen molar-refractivity contribution in [2.45, 2.75) is 6.54 Å². The van der Waals surface area contributed by atoms with E-state index in [-0.39, 0.29) is 6.03 Å². The van der Waals surface area contributed by atoms with Gasteiger partial charge in [0, 0.05) is 32.0 Å². The number of amides is 2. The largest absolute Gasteiger partial charge is 0.378 e. The second-order valence-electron chi connectivity index (χ2n) is 3.61. The molecule has 0 aliphatic carbocycles. The van der Waals surface area contributed by atoms with Gasteiger partial charge in [-0.2, -0.15) is 0 Å². The molecule has 0 bridgehead atoms. The van der Waals surface area contributed by atoms with E-state index in [1.807, 2.05) is 12.1 Å². The summed E-state index contributed by atoms with van der Waals surface area (Å²) in [5.41, 5.74) is 1.05. The summed E-state index contributed by atoms with van der Waals surface area (Å²) in [5, 5.41) is 2.87. The summed E-state index contributed by atoms with van der Waals surface area (Å²) in [7, 11) is 0. The third kappa shape index (κ3) is 2.93. The van der Waals surface area contributed by atoms with Gasteiger partial charge in [-0.05, 0) is 17.7 Å². The monoisotopic (exact) mass is 221 g/mol. The summed E-state index contributed by atoms with van der Waals surface area (Å²) in [5.74, 6) is 0. The third-order valence-corrected chi connectivity index (χ3v) is 2.49. The van der Waals surface area contributed by atoms with E-state index in [4.69, 9.17) is 4.74 Å². The van der Waals surface area contributed by atoms with Gasteiger partial charge in [-0.25, -0.2) is 4.79 Å². The Morgan fingerprint density at radius 3 is 2.75 bits per heavy atom. The summed E-state index contributed by atoms with van der Waals surface area (Å²) in [6.45, 7) is 3.13. The Balaban J connectivity index is 1.79. The van der Waals surface area contributed by atoms with Crippen LogP contribution in [0.5, 0.6) is 0 Å². The van der Waals surface area contributed by atoms with Crippen LogP contribution in [0.2, 0.25) is 0 Å². The lowest BCUT2D eigenvalue weighted by molar-refractivity contribution is 0.0531. The molecular formula is C11H15N3O2. The molecule has 2 heterocycles. The topological polar surface area (TPSA) is 54.5 Å². The Hall–Kier alpha value is -1.62. The van der Waals surface area contributed by atoms with Crippen molar-refractivity contribution in [3.63, 3.8) is 0 Å². The zero-order valence-corrected chi connectivity index (χ0v) is 9.06. The van der Waals surface area contributed by atoms with Gasteiger partial charge in [-0.1, -0.05) is 0 Å². The van der Waals surface area contributed by atoms with Crippen LogP contribution in [0.25, 0.3) is 0 Å². The maximum absolute atomic E-state index is 11.7. The Bertz CT molecular complexity index is 336. The molecule has 1 saturated heterocycles. The average molecular weight is 221 g/mol. The van der Waals surface area contributed by atoms with Crippen LogP contribution in [0, 0.1) is 0 Å². The number of aromatic nitrogens is 1. The average Bonchev–Trinajstić information content (AvgIpc) is 2.38. The third-order valence-electron chi connectivity index (χ3n) is 2.49. The Labute approximate surface area is 94.4 Å². The number of rotatable bonds is 2. The molecule has 1 aliphatic rings. The van der Waals surface area contributed by atoms with Gasteiger partial charge in [0.15, 0.2) is 0 Å². The predicted molar refractivity (Wildman–Crippen MR) is 58.9 cm³/mol. The number of urea groups is 1. The number of nitrogens with one attached hydrogen (secondary N) is 1. The lowest BCUT2D eigenvalue weighted by Crippen LogP contribution is -2.45. The highest BCUT2D eigenvalue weighted by Gasteiger charge is 2.15. The second-order valence-corrected chi connectivity index (χ2v) is 3.61. The fourth-order valence-electron chi connectivity index (χ4n) is 1.56. The quantitative estimate of drug-likeness (QED) is 0.796. The molecule has 0 aromatic carbocycles. The number of carbonyl (C=O) groups excluding carboxylic acids is 1. The summed E-state index contributed by atoms with van der Waals surface area (Å²) >= 11 is 0. The molecule has 2 amide bonds. The first-order valence-electron chi connectivity index (χ1n) is 5.36. The van der Waals surface area contributed by atoms with E-state index in [0.717, 1.165) is 5.56 Å².